The Balaban J connectivity index is 2.10. The van der Waals surface area contributed by atoms with E-state index in [0.717, 1.165) is 13.1 Å². The van der Waals surface area contributed by atoms with Gasteiger partial charge in [-0.05, 0) is 32.7 Å². The van der Waals surface area contributed by atoms with Gasteiger partial charge in [-0.15, -0.1) is 0 Å². The van der Waals surface area contributed by atoms with Gasteiger partial charge in [-0.1, -0.05) is 13.3 Å². The van der Waals surface area contributed by atoms with Crippen molar-refractivity contribution in [3.63, 3.8) is 0 Å². The Bertz CT molecular complexity index is 167. The fourth-order valence-corrected chi connectivity index (χ4v) is 2.29. The van der Waals surface area contributed by atoms with Gasteiger partial charge in [0, 0.05) is 32.8 Å². The number of ether oxygens (including phenoxy) is 1. The van der Waals surface area contributed by atoms with Gasteiger partial charge in [-0.25, -0.2) is 0 Å². The first kappa shape index (κ1) is 13.9. The summed E-state index contributed by atoms with van der Waals surface area (Å²) in [6, 6.07) is 0.662. The molecule has 0 aliphatic carbocycles. The van der Waals surface area contributed by atoms with E-state index in [1.807, 2.05) is 7.11 Å². The zero-order valence-corrected chi connectivity index (χ0v) is 11.2. The highest BCUT2D eigenvalue weighted by Gasteiger charge is 2.21. The molecule has 1 unspecified atom stereocenters. The lowest BCUT2D eigenvalue weighted by Crippen LogP contribution is -2.46. The number of hydrogen-bond acceptors (Lipinski definition) is 3. The normalized spacial score (nSPS) is 21.2. The molecule has 0 aromatic heterocycles. The molecule has 3 heteroatoms. The molecule has 0 bridgehead atoms. The second-order valence-electron chi connectivity index (χ2n) is 4.88. The molecule has 96 valence electrons. The van der Waals surface area contributed by atoms with Crippen LogP contribution in [-0.4, -0.2) is 50.3 Å². The SMILES string of the molecule is CCCCNCC(C)N1CCC(OC)CC1. The van der Waals surface area contributed by atoms with Crippen molar-refractivity contribution < 1.29 is 4.74 Å². The molecule has 1 aliphatic rings. The lowest BCUT2D eigenvalue weighted by atomic mass is 10.1. The Hall–Kier alpha value is -0.120. The topological polar surface area (TPSA) is 24.5 Å². The summed E-state index contributed by atoms with van der Waals surface area (Å²) >= 11 is 0. The van der Waals surface area contributed by atoms with Crippen LogP contribution in [0.25, 0.3) is 0 Å². The second kappa shape index (κ2) is 8.04. The third-order valence-corrected chi connectivity index (χ3v) is 3.58. The van der Waals surface area contributed by atoms with Gasteiger partial charge >= 0.3 is 0 Å². The molecule has 1 fully saturated rings. The molecular weight excluding hydrogens is 200 g/mol. The van der Waals surface area contributed by atoms with Crippen molar-refractivity contribution in [2.45, 2.75) is 51.7 Å². The highest BCUT2D eigenvalue weighted by Crippen LogP contribution is 2.14. The number of rotatable bonds is 7. The summed E-state index contributed by atoms with van der Waals surface area (Å²) in [5.41, 5.74) is 0. The molecule has 1 aliphatic heterocycles. The largest absolute Gasteiger partial charge is 0.381 e. The molecule has 0 saturated carbocycles. The van der Waals surface area contributed by atoms with Crippen LogP contribution in [0.4, 0.5) is 0 Å². The van der Waals surface area contributed by atoms with Gasteiger partial charge in [0.25, 0.3) is 0 Å². The molecule has 1 rings (SSSR count). The van der Waals surface area contributed by atoms with Gasteiger partial charge in [0.1, 0.15) is 0 Å². The van der Waals surface area contributed by atoms with Gasteiger partial charge < -0.3 is 10.1 Å². The van der Waals surface area contributed by atoms with Gasteiger partial charge in [0.2, 0.25) is 0 Å². The van der Waals surface area contributed by atoms with Crippen molar-refractivity contribution in [3.8, 4) is 0 Å². The summed E-state index contributed by atoms with van der Waals surface area (Å²) in [6.07, 6.45) is 5.45. The van der Waals surface area contributed by atoms with Crippen LogP contribution in [-0.2, 0) is 4.74 Å². The van der Waals surface area contributed by atoms with Gasteiger partial charge in [-0.2, -0.15) is 0 Å². The van der Waals surface area contributed by atoms with Crippen LogP contribution < -0.4 is 5.32 Å². The summed E-state index contributed by atoms with van der Waals surface area (Å²) in [7, 11) is 1.83. The van der Waals surface area contributed by atoms with Crippen molar-refractivity contribution in [1.29, 1.82) is 0 Å². The molecular formula is C13H28N2O. The first-order chi connectivity index (χ1) is 7.77. The molecule has 0 spiro atoms. The predicted octanol–water partition coefficient (Wildman–Crippen LogP) is 1.88. The van der Waals surface area contributed by atoms with Crippen LogP contribution in [0.2, 0.25) is 0 Å². The van der Waals surface area contributed by atoms with Crippen LogP contribution in [0.3, 0.4) is 0 Å². The van der Waals surface area contributed by atoms with Crippen LogP contribution in [0, 0.1) is 0 Å². The van der Waals surface area contributed by atoms with E-state index < -0.39 is 0 Å². The van der Waals surface area contributed by atoms with Crippen molar-refractivity contribution >= 4 is 0 Å². The Morgan fingerprint density at radius 1 is 1.38 bits per heavy atom. The average molecular weight is 228 g/mol. The maximum Gasteiger partial charge on any atom is 0.0595 e. The number of hydrogen-bond donors (Lipinski definition) is 1. The van der Waals surface area contributed by atoms with Crippen molar-refractivity contribution in [2.75, 3.05) is 33.3 Å². The van der Waals surface area contributed by atoms with E-state index in [0.29, 0.717) is 12.1 Å². The quantitative estimate of drug-likeness (QED) is 0.673. The fourth-order valence-electron chi connectivity index (χ4n) is 2.29. The van der Waals surface area contributed by atoms with Crippen LogP contribution in [0.5, 0.6) is 0 Å². The van der Waals surface area contributed by atoms with E-state index in [1.54, 1.807) is 0 Å². The molecule has 0 aromatic carbocycles. The number of nitrogens with zero attached hydrogens (tertiary/aromatic N) is 1. The molecule has 1 heterocycles. The molecule has 1 atom stereocenters. The minimum absolute atomic E-state index is 0.497. The number of likely N-dealkylation sites (tertiary alicyclic amines) is 1. The zero-order chi connectivity index (χ0) is 11.8. The lowest BCUT2D eigenvalue weighted by Gasteiger charge is -2.35. The summed E-state index contributed by atoms with van der Waals surface area (Å²) < 4.78 is 5.39. The van der Waals surface area contributed by atoms with E-state index in [4.69, 9.17) is 4.74 Å². The summed E-state index contributed by atoms with van der Waals surface area (Å²) in [5, 5.41) is 3.54. The highest BCUT2D eigenvalue weighted by molar-refractivity contribution is 4.77. The minimum atomic E-state index is 0.497. The third kappa shape index (κ3) is 4.81. The molecule has 0 amide bonds. The first-order valence-electron chi connectivity index (χ1n) is 6.75. The fraction of sp³-hybridized carbons (Fsp3) is 1.00. The number of piperidine rings is 1. The Labute approximate surface area is 101 Å². The Kier molecular flexibility index (Phi) is 7.01. The van der Waals surface area contributed by atoms with Crippen LogP contribution in [0.1, 0.15) is 39.5 Å². The summed E-state index contributed by atoms with van der Waals surface area (Å²) in [5.74, 6) is 0. The van der Waals surface area contributed by atoms with E-state index in [2.05, 4.69) is 24.1 Å². The molecule has 0 aromatic rings. The van der Waals surface area contributed by atoms with E-state index in [9.17, 15) is 0 Å². The van der Waals surface area contributed by atoms with Crippen LogP contribution >= 0.6 is 0 Å². The minimum Gasteiger partial charge on any atom is -0.381 e. The molecule has 3 nitrogen and oxygen atoms in total. The van der Waals surface area contributed by atoms with Crippen molar-refractivity contribution in [1.82, 2.24) is 10.2 Å². The van der Waals surface area contributed by atoms with Crippen molar-refractivity contribution in [2.24, 2.45) is 0 Å². The predicted molar refractivity (Wildman–Crippen MR) is 68.8 cm³/mol. The summed E-state index contributed by atoms with van der Waals surface area (Å²) in [6.45, 7) is 9.23. The maximum atomic E-state index is 5.39. The zero-order valence-electron chi connectivity index (χ0n) is 11.2. The molecule has 16 heavy (non-hydrogen) atoms. The monoisotopic (exact) mass is 228 g/mol. The highest BCUT2D eigenvalue weighted by atomic mass is 16.5. The van der Waals surface area contributed by atoms with E-state index in [1.165, 1.54) is 38.8 Å². The number of methoxy groups -OCH3 is 1. The van der Waals surface area contributed by atoms with Gasteiger partial charge in [-0.3, -0.25) is 4.90 Å². The second-order valence-corrected chi connectivity index (χ2v) is 4.88. The molecule has 1 N–H and O–H groups in total. The van der Waals surface area contributed by atoms with Gasteiger partial charge in [0.15, 0.2) is 0 Å². The Morgan fingerprint density at radius 2 is 2.06 bits per heavy atom. The van der Waals surface area contributed by atoms with Crippen LogP contribution in [0.15, 0.2) is 0 Å². The van der Waals surface area contributed by atoms with Crippen molar-refractivity contribution in [3.05, 3.63) is 0 Å². The van der Waals surface area contributed by atoms with E-state index >= 15 is 0 Å². The molecule has 1 saturated heterocycles. The summed E-state index contributed by atoms with van der Waals surface area (Å²) in [4.78, 5) is 2.58. The first-order valence-corrected chi connectivity index (χ1v) is 6.75. The van der Waals surface area contributed by atoms with Gasteiger partial charge in [0.05, 0.1) is 6.10 Å². The smallest absolute Gasteiger partial charge is 0.0595 e. The van der Waals surface area contributed by atoms with E-state index in [-0.39, 0.29) is 0 Å². The third-order valence-electron chi connectivity index (χ3n) is 3.58. The number of nitrogens with one attached hydrogen (secondary N) is 1. The standard InChI is InChI=1S/C13H28N2O/c1-4-5-8-14-11-12(2)15-9-6-13(16-3)7-10-15/h12-14H,4-11H2,1-3H3. The Morgan fingerprint density at radius 3 is 2.62 bits per heavy atom. The lowest BCUT2D eigenvalue weighted by molar-refractivity contribution is 0.0298. The average Bonchev–Trinajstić information content (AvgIpc) is 2.34. The number of unbranched alkanes of at least 4 members (excludes halogenated alkanes) is 1. The maximum absolute atomic E-state index is 5.39. The molecule has 0 radical (unpaired) electrons.